The molecule has 2 N–H and O–H groups in total. The number of fused-ring (bicyclic) bond motifs is 1. The van der Waals surface area contributed by atoms with Crippen molar-refractivity contribution >= 4 is 22.8 Å². The maximum atomic E-state index is 12.3. The number of anilines is 1. The average Bonchev–Trinajstić information content (AvgIpc) is 2.88. The van der Waals surface area contributed by atoms with Crippen LogP contribution in [0, 0.1) is 6.92 Å². The summed E-state index contributed by atoms with van der Waals surface area (Å²) in [7, 11) is 1.86. The Morgan fingerprint density at radius 2 is 2.08 bits per heavy atom. The minimum absolute atomic E-state index is 0.122. The lowest BCUT2D eigenvalue weighted by atomic mass is 10.0. The molecule has 2 aromatic rings. The van der Waals surface area contributed by atoms with Crippen LogP contribution >= 0.6 is 0 Å². The van der Waals surface area contributed by atoms with Crippen LogP contribution < -0.4 is 10.6 Å². The molecule has 1 aliphatic heterocycles. The number of nitrogens with one attached hydrogen (secondary N) is 2. The maximum absolute atomic E-state index is 12.3. The third kappa shape index (κ3) is 3.91. The number of ether oxygens (including phenoxy) is 1. The van der Waals surface area contributed by atoms with E-state index in [-0.39, 0.29) is 11.6 Å². The number of hydrogen-bond donors (Lipinski definition) is 2. The van der Waals surface area contributed by atoms with Gasteiger partial charge in [0.1, 0.15) is 0 Å². The molecule has 0 aromatic carbocycles. The van der Waals surface area contributed by atoms with Crippen molar-refractivity contribution < 1.29 is 9.53 Å². The number of carbonyl (C=O) groups is 1. The van der Waals surface area contributed by atoms with Crippen LogP contribution in [0.5, 0.6) is 0 Å². The van der Waals surface area contributed by atoms with Crippen LogP contribution in [0.25, 0.3) is 11.0 Å². The standard InChI is InChI=1S/C17H26N6O2/c1-12-14-9-13(10-18-15(14)22(4)21-12)20-16(24)19-11-17(2,3)23-5-7-25-8-6-23/h9-10H,5-8,11H2,1-4H3,(H2,19,20,24). The van der Waals surface area contributed by atoms with Crippen LogP contribution in [-0.2, 0) is 11.8 Å². The summed E-state index contributed by atoms with van der Waals surface area (Å²) in [5.41, 5.74) is 2.23. The summed E-state index contributed by atoms with van der Waals surface area (Å²) in [4.78, 5) is 19.0. The Hall–Kier alpha value is -2.19. The van der Waals surface area contributed by atoms with Gasteiger partial charge in [0.25, 0.3) is 0 Å². The summed E-state index contributed by atoms with van der Waals surface area (Å²) in [5, 5.41) is 11.1. The van der Waals surface area contributed by atoms with Gasteiger partial charge >= 0.3 is 6.03 Å². The second-order valence-corrected chi connectivity index (χ2v) is 7.02. The van der Waals surface area contributed by atoms with E-state index >= 15 is 0 Å². The SMILES string of the molecule is Cc1nn(C)c2ncc(NC(=O)NCC(C)(C)N3CCOCC3)cc12. The van der Waals surface area contributed by atoms with Crippen LogP contribution in [0.4, 0.5) is 10.5 Å². The van der Waals surface area contributed by atoms with Crippen LogP contribution in [0.2, 0.25) is 0 Å². The van der Waals surface area contributed by atoms with Crippen molar-refractivity contribution in [3.8, 4) is 0 Å². The van der Waals surface area contributed by atoms with Gasteiger partial charge in [-0.3, -0.25) is 9.58 Å². The maximum Gasteiger partial charge on any atom is 0.319 e. The number of urea groups is 1. The molecule has 0 aliphatic carbocycles. The predicted octanol–water partition coefficient (Wildman–Crippen LogP) is 1.51. The molecular weight excluding hydrogens is 320 g/mol. The molecule has 0 radical (unpaired) electrons. The number of rotatable bonds is 4. The normalized spacial score (nSPS) is 16.2. The largest absolute Gasteiger partial charge is 0.379 e. The molecule has 8 heteroatoms. The Kier molecular flexibility index (Phi) is 4.91. The highest BCUT2D eigenvalue weighted by molar-refractivity contribution is 5.92. The second-order valence-electron chi connectivity index (χ2n) is 7.02. The highest BCUT2D eigenvalue weighted by Gasteiger charge is 2.28. The van der Waals surface area contributed by atoms with Gasteiger partial charge in [0.05, 0.1) is 30.8 Å². The number of aromatic nitrogens is 3. The van der Waals surface area contributed by atoms with Gasteiger partial charge in [0, 0.05) is 37.6 Å². The third-order valence-electron chi connectivity index (χ3n) is 4.67. The summed E-state index contributed by atoms with van der Waals surface area (Å²) in [6, 6.07) is 1.67. The quantitative estimate of drug-likeness (QED) is 0.877. The number of nitrogens with zero attached hydrogens (tertiary/aromatic N) is 4. The number of pyridine rings is 1. The van der Waals surface area contributed by atoms with Crippen LogP contribution in [-0.4, -0.2) is 64.1 Å². The smallest absolute Gasteiger partial charge is 0.319 e. The lowest BCUT2D eigenvalue weighted by molar-refractivity contribution is -0.00863. The molecule has 3 rings (SSSR count). The molecule has 3 heterocycles. The zero-order chi connectivity index (χ0) is 18.0. The van der Waals surface area contributed by atoms with E-state index in [1.165, 1.54) is 0 Å². The molecule has 0 saturated carbocycles. The lowest BCUT2D eigenvalue weighted by Gasteiger charge is -2.40. The Labute approximate surface area is 147 Å². The molecule has 2 amide bonds. The molecule has 8 nitrogen and oxygen atoms in total. The zero-order valence-electron chi connectivity index (χ0n) is 15.3. The lowest BCUT2D eigenvalue weighted by Crippen LogP contribution is -2.55. The van der Waals surface area contributed by atoms with Crippen LogP contribution in [0.15, 0.2) is 12.3 Å². The molecule has 0 spiro atoms. The Morgan fingerprint density at radius 1 is 1.36 bits per heavy atom. The number of carbonyl (C=O) groups excluding carboxylic acids is 1. The topological polar surface area (TPSA) is 84.3 Å². The predicted molar refractivity (Wildman–Crippen MR) is 96.7 cm³/mol. The van der Waals surface area contributed by atoms with E-state index in [0.717, 1.165) is 43.0 Å². The summed E-state index contributed by atoms with van der Waals surface area (Å²) in [6.45, 7) is 10.0. The fourth-order valence-electron chi connectivity index (χ4n) is 3.13. The van der Waals surface area contributed by atoms with Gasteiger partial charge in [-0.25, -0.2) is 9.78 Å². The monoisotopic (exact) mass is 346 g/mol. The van der Waals surface area contributed by atoms with E-state index in [1.807, 2.05) is 20.0 Å². The van der Waals surface area contributed by atoms with E-state index in [2.05, 4.69) is 39.5 Å². The van der Waals surface area contributed by atoms with Crippen molar-refractivity contribution in [2.75, 3.05) is 38.2 Å². The molecule has 0 unspecified atom stereocenters. The summed E-state index contributed by atoms with van der Waals surface area (Å²) >= 11 is 0. The number of morpholine rings is 1. The third-order valence-corrected chi connectivity index (χ3v) is 4.67. The fraction of sp³-hybridized carbons (Fsp3) is 0.588. The van der Waals surface area contributed by atoms with E-state index in [1.54, 1.807) is 10.9 Å². The minimum atomic E-state index is -0.232. The Morgan fingerprint density at radius 3 is 2.80 bits per heavy atom. The van der Waals surface area contributed by atoms with E-state index in [9.17, 15) is 4.79 Å². The molecule has 2 aromatic heterocycles. The van der Waals surface area contributed by atoms with Crippen molar-refractivity contribution in [2.24, 2.45) is 7.05 Å². The van der Waals surface area contributed by atoms with Crippen molar-refractivity contribution in [3.05, 3.63) is 18.0 Å². The van der Waals surface area contributed by atoms with Crippen LogP contribution in [0.3, 0.4) is 0 Å². The zero-order valence-corrected chi connectivity index (χ0v) is 15.3. The molecule has 0 bridgehead atoms. The summed E-state index contributed by atoms with van der Waals surface area (Å²) < 4.78 is 7.13. The first-order valence-corrected chi connectivity index (χ1v) is 8.54. The Bertz CT molecular complexity index is 764. The molecule has 25 heavy (non-hydrogen) atoms. The average molecular weight is 346 g/mol. The van der Waals surface area contributed by atoms with E-state index < -0.39 is 0 Å². The van der Waals surface area contributed by atoms with Gasteiger partial charge in [0.15, 0.2) is 5.65 Å². The first-order valence-electron chi connectivity index (χ1n) is 8.54. The van der Waals surface area contributed by atoms with Gasteiger partial charge in [-0.05, 0) is 26.8 Å². The van der Waals surface area contributed by atoms with Gasteiger partial charge in [-0.2, -0.15) is 5.10 Å². The molecule has 1 saturated heterocycles. The fourth-order valence-corrected chi connectivity index (χ4v) is 3.13. The molecule has 1 fully saturated rings. The second kappa shape index (κ2) is 6.97. The van der Waals surface area contributed by atoms with Crippen LogP contribution in [0.1, 0.15) is 19.5 Å². The van der Waals surface area contributed by atoms with Gasteiger partial charge < -0.3 is 15.4 Å². The highest BCUT2D eigenvalue weighted by Crippen LogP contribution is 2.19. The first kappa shape index (κ1) is 17.6. The molecule has 1 aliphatic rings. The highest BCUT2D eigenvalue weighted by atomic mass is 16.5. The minimum Gasteiger partial charge on any atom is -0.379 e. The number of hydrogen-bond acceptors (Lipinski definition) is 5. The van der Waals surface area contributed by atoms with Crippen molar-refractivity contribution in [3.63, 3.8) is 0 Å². The van der Waals surface area contributed by atoms with Crippen molar-refractivity contribution in [1.29, 1.82) is 0 Å². The molecule has 136 valence electrons. The van der Waals surface area contributed by atoms with Gasteiger partial charge in [0.2, 0.25) is 0 Å². The summed E-state index contributed by atoms with van der Waals surface area (Å²) in [6.07, 6.45) is 1.65. The van der Waals surface area contributed by atoms with E-state index in [0.29, 0.717) is 12.2 Å². The van der Waals surface area contributed by atoms with Crippen molar-refractivity contribution in [2.45, 2.75) is 26.3 Å². The number of aryl methyl sites for hydroxylation is 2. The Balaban J connectivity index is 1.59. The van der Waals surface area contributed by atoms with Gasteiger partial charge in [-0.15, -0.1) is 0 Å². The summed E-state index contributed by atoms with van der Waals surface area (Å²) in [5.74, 6) is 0. The van der Waals surface area contributed by atoms with Crippen molar-refractivity contribution in [1.82, 2.24) is 25.0 Å². The molecular formula is C17H26N6O2. The molecule has 0 atom stereocenters. The van der Waals surface area contributed by atoms with E-state index in [4.69, 9.17) is 4.74 Å². The van der Waals surface area contributed by atoms with Gasteiger partial charge in [-0.1, -0.05) is 0 Å². The first-order chi connectivity index (χ1) is 11.9. The number of amides is 2.